The molecule has 0 unspecified atom stereocenters. The lowest BCUT2D eigenvalue weighted by atomic mass is 9.63. The number of anilines is 1. The van der Waals surface area contributed by atoms with Crippen LogP contribution in [0.3, 0.4) is 0 Å². The van der Waals surface area contributed by atoms with Gasteiger partial charge in [-0.1, -0.05) is 36.7 Å². The molecule has 0 radical (unpaired) electrons. The first kappa shape index (κ1) is 39.6. The van der Waals surface area contributed by atoms with Gasteiger partial charge in [0.1, 0.15) is 11.4 Å². The predicted octanol–water partition coefficient (Wildman–Crippen LogP) is 5.92. The SMILES string of the molecule is CCOCCN1CCN(C[C@]2(OC)/C=C\C[C@H](C)[C@@H](C)S(=O)(=O)NC(=O)c3ccc4c(c3)N(C[C@@H]3CC[C@H]32)C[C@@]2(CCCc3cc(Cl)ccc32)CO4)CC1. The smallest absolute Gasteiger partial charge is 0.264 e. The van der Waals surface area contributed by atoms with Crippen LogP contribution in [0.1, 0.15) is 74.4 Å². The molecule has 54 heavy (non-hydrogen) atoms. The number of carbonyl (C=O) groups excluding carboxylic acids is 1. The van der Waals surface area contributed by atoms with Gasteiger partial charge in [0.05, 0.1) is 24.2 Å². The molecule has 1 spiro atoms. The summed E-state index contributed by atoms with van der Waals surface area (Å²) < 4.78 is 48.7. The first-order valence-electron chi connectivity index (χ1n) is 20.1. The molecule has 2 aromatic carbocycles. The second-order valence-corrected chi connectivity index (χ2v) is 19.0. The Hall–Kier alpha value is -2.67. The van der Waals surface area contributed by atoms with Crippen LogP contribution in [0.4, 0.5) is 5.69 Å². The van der Waals surface area contributed by atoms with Gasteiger partial charge >= 0.3 is 0 Å². The van der Waals surface area contributed by atoms with Crippen molar-refractivity contribution in [3.05, 3.63) is 70.3 Å². The summed E-state index contributed by atoms with van der Waals surface area (Å²) in [5, 5.41) is -0.0336. The van der Waals surface area contributed by atoms with E-state index in [9.17, 15) is 13.2 Å². The van der Waals surface area contributed by atoms with Crippen LogP contribution in [0, 0.1) is 17.8 Å². The van der Waals surface area contributed by atoms with E-state index >= 15 is 0 Å². The molecule has 296 valence electrons. The summed E-state index contributed by atoms with van der Waals surface area (Å²) in [6.07, 6.45) is 10.1. The number of carbonyl (C=O) groups is 1. The quantitative estimate of drug-likeness (QED) is 0.271. The van der Waals surface area contributed by atoms with E-state index in [2.05, 4.69) is 43.7 Å². The molecule has 10 nitrogen and oxygen atoms in total. The first-order chi connectivity index (χ1) is 26.0. The molecule has 1 N–H and O–H groups in total. The number of nitrogens with one attached hydrogen (secondary N) is 1. The van der Waals surface area contributed by atoms with Crippen LogP contribution in [0.15, 0.2) is 48.6 Å². The van der Waals surface area contributed by atoms with Crippen LogP contribution in [0.25, 0.3) is 0 Å². The van der Waals surface area contributed by atoms with Gasteiger partial charge in [-0.3, -0.25) is 14.6 Å². The molecule has 1 saturated heterocycles. The molecule has 3 aliphatic heterocycles. The minimum absolute atomic E-state index is 0.222. The van der Waals surface area contributed by atoms with Crippen LogP contribution >= 0.6 is 11.6 Å². The number of fused-ring (bicyclic) bond motifs is 4. The monoisotopic (exact) mass is 782 g/mol. The molecule has 7 rings (SSSR count). The molecule has 2 fully saturated rings. The van der Waals surface area contributed by atoms with Crippen molar-refractivity contribution in [3.63, 3.8) is 0 Å². The van der Waals surface area contributed by atoms with Gasteiger partial charge in [-0.2, -0.15) is 0 Å². The Balaban J connectivity index is 1.25. The molecule has 2 aliphatic carbocycles. The molecule has 1 amide bonds. The number of halogens is 1. The Morgan fingerprint density at radius 2 is 1.85 bits per heavy atom. The van der Waals surface area contributed by atoms with Crippen LogP contribution in [0.5, 0.6) is 5.75 Å². The molecule has 2 bridgehead atoms. The van der Waals surface area contributed by atoms with Crippen molar-refractivity contribution < 1.29 is 27.4 Å². The fraction of sp³-hybridized carbons (Fsp3) is 0.643. The Labute approximate surface area is 327 Å². The Morgan fingerprint density at radius 3 is 2.59 bits per heavy atom. The second-order valence-electron chi connectivity index (χ2n) is 16.5. The lowest BCUT2D eigenvalue weighted by Gasteiger charge is -2.52. The van der Waals surface area contributed by atoms with Crippen molar-refractivity contribution in [2.45, 2.75) is 75.6 Å². The lowest BCUT2D eigenvalue weighted by molar-refractivity contribution is -0.0957. The van der Waals surface area contributed by atoms with Crippen molar-refractivity contribution in [3.8, 4) is 5.75 Å². The summed E-state index contributed by atoms with van der Waals surface area (Å²) in [5.41, 5.74) is 2.89. The molecule has 2 aromatic rings. The molecule has 6 atom stereocenters. The van der Waals surface area contributed by atoms with Crippen LogP contribution in [-0.4, -0.2) is 114 Å². The summed E-state index contributed by atoms with van der Waals surface area (Å²) >= 11 is 6.51. The lowest BCUT2D eigenvalue weighted by Crippen LogP contribution is -2.59. The molecule has 1 saturated carbocycles. The zero-order chi connectivity index (χ0) is 38.1. The zero-order valence-corrected chi connectivity index (χ0v) is 34.1. The van der Waals surface area contributed by atoms with Gasteiger partial charge in [-0.15, -0.1) is 0 Å². The Bertz CT molecular complexity index is 1800. The van der Waals surface area contributed by atoms with Crippen LogP contribution < -0.4 is 14.4 Å². The van der Waals surface area contributed by atoms with Crippen LogP contribution in [-0.2, 0) is 31.3 Å². The van der Waals surface area contributed by atoms with E-state index in [1.165, 1.54) is 11.1 Å². The third-order valence-electron chi connectivity index (χ3n) is 13.3. The molecule has 0 aromatic heterocycles. The highest BCUT2D eigenvalue weighted by atomic mass is 35.5. The number of hydrogen-bond donors (Lipinski definition) is 1. The third-order valence-corrected chi connectivity index (χ3v) is 15.5. The third kappa shape index (κ3) is 8.09. The minimum atomic E-state index is -3.96. The number of sulfonamides is 1. The molecule has 12 heteroatoms. The predicted molar refractivity (Wildman–Crippen MR) is 214 cm³/mol. The van der Waals surface area contributed by atoms with Crippen molar-refractivity contribution in [1.29, 1.82) is 0 Å². The molecule has 3 heterocycles. The number of methoxy groups -OCH3 is 1. The van der Waals surface area contributed by atoms with E-state index in [0.29, 0.717) is 30.3 Å². The number of aryl methyl sites for hydroxylation is 1. The van der Waals surface area contributed by atoms with Gasteiger partial charge in [-0.25, -0.2) is 13.1 Å². The number of benzene rings is 2. The average molecular weight is 783 g/mol. The van der Waals surface area contributed by atoms with Crippen molar-refractivity contribution in [2.75, 3.05) is 84.2 Å². The summed E-state index contributed by atoms with van der Waals surface area (Å²) in [5.74, 6) is 0.466. The maximum Gasteiger partial charge on any atom is 0.264 e. The summed E-state index contributed by atoms with van der Waals surface area (Å²) in [4.78, 5) is 21.1. The van der Waals surface area contributed by atoms with E-state index in [4.69, 9.17) is 25.8 Å². The number of rotatable bonds is 7. The highest BCUT2D eigenvalue weighted by molar-refractivity contribution is 7.90. The fourth-order valence-corrected chi connectivity index (χ4v) is 11.1. The maximum absolute atomic E-state index is 13.7. The van der Waals surface area contributed by atoms with Gasteiger partial charge in [0.2, 0.25) is 10.0 Å². The van der Waals surface area contributed by atoms with Crippen LogP contribution in [0.2, 0.25) is 5.02 Å². The van der Waals surface area contributed by atoms with Crippen molar-refractivity contribution in [1.82, 2.24) is 14.5 Å². The van der Waals surface area contributed by atoms with E-state index in [1.54, 1.807) is 13.0 Å². The first-order valence-corrected chi connectivity index (χ1v) is 22.0. The fourth-order valence-electron chi connectivity index (χ4n) is 9.67. The highest BCUT2D eigenvalue weighted by Gasteiger charge is 2.50. The number of nitrogens with zero attached hydrogens (tertiary/aromatic N) is 3. The van der Waals surface area contributed by atoms with E-state index < -0.39 is 26.8 Å². The van der Waals surface area contributed by atoms with Gasteiger partial charge in [0.25, 0.3) is 5.91 Å². The zero-order valence-electron chi connectivity index (χ0n) is 32.5. The number of amides is 1. The topological polar surface area (TPSA) is 101 Å². The van der Waals surface area contributed by atoms with Gasteiger partial charge in [0.15, 0.2) is 0 Å². The normalized spacial score (nSPS) is 32.4. The molecular weight excluding hydrogens is 724 g/mol. The molecular formula is C42H59ClN4O6S. The highest BCUT2D eigenvalue weighted by Crippen LogP contribution is 2.49. The molecule has 5 aliphatic rings. The van der Waals surface area contributed by atoms with E-state index in [0.717, 1.165) is 108 Å². The average Bonchev–Trinajstić information content (AvgIpc) is 3.29. The summed E-state index contributed by atoms with van der Waals surface area (Å²) in [6, 6.07) is 11.7. The largest absolute Gasteiger partial charge is 0.490 e. The van der Waals surface area contributed by atoms with Gasteiger partial charge in [-0.05, 0) is 112 Å². The summed E-state index contributed by atoms with van der Waals surface area (Å²) in [6.45, 7) is 14.8. The Kier molecular flexibility index (Phi) is 12.0. The van der Waals surface area contributed by atoms with Gasteiger partial charge in [0, 0.05) is 82.1 Å². The van der Waals surface area contributed by atoms with Gasteiger partial charge < -0.3 is 19.1 Å². The number of piperazine rings is 1. The number of ether oxygens (including phenoxy) is 3. The standard InChI is InChI=1S/C42H59ClN4O6S/c1-5-52-23-22-45-18-20-46(21-19-45)28-42(51-4)17-6-8-30(2)31(3)54(49,50)44-40(48)33-11-15-39-38(25-33)47(26-34-10-13-37(34)42)27-41(29-53-39)16-7-9-32-24-35(43)12-14-36(32)41/h6,11-12,14-15,17,24-25,30-31,34,37H,5,7-10,13,16,18-23,26-29H2,1-4H3,(H,44,48)/b17-6-/t30-,31+,34-,37+,41-,42+/m0/s1. The minimum Gasteiger partial charge on any atom is -0.490 e. The number of hydrogen-bond acceptors (Lipinski definition) is 9. The number of allylic oxidation sites excluding steroid dienone is 1. The van der Waals surface area contributed by atoms with Crippen molar-refractivity contribution in [2.24, 2.45) is 17.8 Å². The van der Waals surface area contributed by atoms with E-state index in [-0.39, 0.29) is 17.3 Å². The van der Waals surface area contributed by atoms with E-state index in [1.807, 2.05) is 39.2 Å². The van der Waals surface area contributed by atoms with Crippen molar-refractivity contribution >= 4 is 33.2 Å². The maximum atomic E-state index is 13.7. The Morgan fingerprint density at radius 1 is 1.06 bits per heavy atom. The second kappa shape index (κ2) is 16.4. The summed E-state index contributed by atoms with van der Waals surface area (Å²) in [7, 11) is -2.11.